The standard InChI is InChI=1S/C21H20F3N3O3/c1-28-13-9-15(29-2)17-16(10-13)30-7-6-14-18(26-20(25)27-19(14)17)11-4-3-5-12(8-11)21(22,23)24/h3-5,8-10,18H,6-7H2,1-2H3,(H3,25,26,27). The van der Waals surface area contributed by atoms with Gasteiger partial charge in [0.25, 0.3) is 0 Å². The van der Waals surface area contributed by atoms with Gasteiger partial charge in [-0.25, -0.2) is 4.99 Å². The summed E-state index contributed by atoms with van der Waals surface area (Å²) in [6.07, 6.45) is -4.01. The van der Waals surface area contributed by atoms with E-state index in [1.165, 1.54) is 20.3 Å². The molecular formula is C21H20F3N3O3. The third kappa shape index (κ3) is 3.51. The minimum atomic E-state index is -4.45. The Morgan fingerprint density at radius 2 is 1.97 bits per heavy atom. The van der Waals surface area contributed by atoms with Crippen molar-refractivity contribution < 1.29 is 27.4 Å². The van der Waals surface area contributed by atoms with E-state index in [9.17, 15) is 13.2 Å². The molecule has 3 N–H and O–H groups in total. The predicted molar refractivity (Wildman–Crippen MR) is 106 cm³/mol. The lowest BCUT2D eigenvalue weighted by molar-refractivity contribution is -0.137. The molecule has 0 amide bonds. The third-order valence-corrected chi connectivity index (χ3v) is 5.08. The highest BCUT2D eigenvalue weighted by atomic mass is 19.4. The molecule has 9 heteroatoms. The quantitative estimate of drug-likeness (QED) is 0.790. The fraction of sp³-hybridized carbons (Fsp3) is 0.286. The number of guanidine groups is 1. The van der Waals surface area contributed by atoms with Crippen LogP contribution in [0.5, 0.6) is 17.2 Å². The first kappa shape index (κ1) is 19.9. The maximum absolute atomic E-state index is 13.2. The summed E-state index contributed by atoms with van der Waals surface area (Å²) < 4.78 is 56.5. The van der Waals surface area contributed by atoms with Gasteiger partial charge in [-0.3, -0.25) is 0 Å². The van der Waals surface area contributed by atoms with E-state index < -0.39 is 17.8 Å². The first-order valence-corrected chi connectivity index (χ1v) is 9.21. The molecule has 2 aromatic carbocycles. The number of alkyl halides is 3. The molecular weight excluding hydrogens is 399 g/mol. The molecule has 1 unspecified atom stereocenters. The molecule has 0 saturated heterocycles. The van der Waals surface area contributed by atoms with Gasteiger partial charge in [-0.1, -0.05) is 12.1 Å². The van der Waals surface area contributed by atoms with Crippen LogP contribution in [0.1, 0.15) is 29.2 Å². The summed E-state index contributed by atoms with van der Waals surface area (Å²) >= 11 is 0. The third-order valence-electron chi connectivity index (χ3n) is 5.08. The van der Waals surface area contributed by atoms with E-state index >= 15 is 0 Å². The predicted octanol–water partition coefficient (Wildman–Crippen LogP) is 3.88. The smallest absolute Gasteiger partial charge is 0.416 e. The number of fused-ring (bicyclic) bond motifs is 2. The summed E-state index contributed by atoms with van der Waals surface area (Å²) in [5.41, 5.74) is 7.71. The molecule has 0 aromatic heterocycles. The number of nitrogens with two attached hydrogens (primary N) is 1. The molecule has 4 rings (SSSR count). The van der Waals surface area contributed by atoms with Gasteiger partial charge in [-0.15, -0.1) is 0 Å². The van der Waals surface area contributed by atoms with Crippen LogP contribution < -0.4 is 25.3 Å². The zero-order valence-corrected chi connectivity index (χ0v) is 16.3. The Morgan fingerprint density at radius 1 is 1.17 bits per heavy atom. The highest BCUT2D eigenvalue weighted by molar-refractivity contribution is 5.94. The van der Waals surface area contributed by atoms with E-state index in [-0.39, 0.29) is 5.96 Å². The van der Waals surface area contributed by atoms with Crippen molar-refractivity contribution in [2.75, 3.05) is 20.8 Å². The van der Waals surface area contributed by atoms with E-state index in [0.717, 1.165) is 17.7 Å². The number of ether oxygens (including phenoxy) is 3. The maximum atomic E-state index is 13.2. The maximum Gasteiger partial charge on any atom is 0.416 e. The van der Waals surface area contributed by atoms with Gasteiger partial charge < -0.3 is 25.3 Å². The van der Waals surface area contributed by atoms with E-state index in [1.54, 1.807) is 18.2 Å². The van der Waals surface area contributed by atoms with Gasteiger partial charge in [0.1, 0.15) is 23.3 Å². The molecule has 2 aliphatic rings. The van der Waals surface area contributed by atoms with E-state index in [0.29, 0.717) is 47.1 Å². The number of nitrogens with zero attached hydrogens (tertiary/aromatic N) is 1. The molecule has 30 heavy (non-hydrogen) atoms. The van der Waals surface area contributed by atoms with Crippen LogP contribution in [0, 0.1) is 0 Å². The molecule has 1 atom stereocenters. The minimum absolute atomic E-state index is 0.0990. The second-order valence-electron chi connectivity index (χ2n) is 6.87. The summed E-state index contributed by atoms with van der Waals surface area (Å²) in [7, 11) is 3.06. The fourth-order valence-corrected chi connectivity index (χ4v) is 3.72. The largest absolute Gasteiger partial charge is 0.496 e. The Bertz CT molecular complexity index is 1050. The van der Waals surface area contributed by atoms with Crippen LogP contribution in [0.25, 0.3) is 5.70 Å². The molecule has 6 nitrogen and oxygen atoms in total. The zero-order valence-electron chi connectivity index (χ0n) is 16.3. The Morgan fingerprint density at radius 3 is 2.67 bits per heavy atom. The van der Waals surface area contributed by atoms with E-state index in [1.807, 2.05) is 0 Å². The van der Waals surface area contributed by atoms with Crippen LogP contribution in [0.3, 0.4) is 0 Å². The van der Waals surface area contributed by atoms with Crippen LogP contribution in [0.15, 0.2) is 47.0 Å². The van der Waals surface area contributed by atoms with Gasteiger partial charge in [0.2, 0.25) is 0 Å². The van der Waals surface area contributed by atoms with Gasteiger partial charge in [0.05, 0.1) is 37.7 Å². The molecule has 2 heterocycles. The van der Waals surface area contributed by atoms with Gasteiger partial charge in [-0.05, 0) is 23.3 Å². The lowest BCUT2D eigenvalue weighted by Crippen LogP contribution is -2.35. The van der Waals surface area contributed by atoms with Gasteiger partial charge in [0.15, 0.2) is 5.96 Å². The van der Waals surface area contributed by atoms with E-state index in [4.69, 9.17) is 19.9 Å². The number of nitrogens with one attached hydrogen (secondary N) is 1. The highest BCUT2D eigenvalue weighted by Gasteiger charge is 2.34. The van der Waals surface area contributed by atoms with Crippen LogP contribution in [0.2, 0.25) is 0 Å². The van der Waals surface area contributed by atoms with Crippen molar-refractivity contribution in [3.8, 4) is 17.2 Å². The van der Waals surface area contributed by atoms with Crippen molar-refractivity contribution in [1.82, 2.24) is 5.32 Å². The Kier molecular flexibility index (Phi) is 4.97. The summed E-state index contributed by atoms with van der Waals surface area (Å²) in [5.74, 6) is 1.67. The van der Waals surface area contributed by atoms with Gasteiger partial charge in [-0.2, -0.15) is 13.2 Å². The minimum Gasteiger partial charge on any atom is -0.496 e. The molecule has 2 aliphatic heterocycles. The monoisotopic (exact) mass is 419 g/mol. The molecule has 158 valence electrons. The number of aliphatic imine (C=N–C) groups is 1. The summed E-state index contributed by atoms with van der Waals surface area (Å²) in [6, 6.07) is 7.90. The molecule has 0 spiro atoms. The van der Waals surface area contributed by atoms with Crippen LogP contribution in [-0.2, 0) is 6.18 Å². The zero-order chi connectivity index (χ0) is 21.5. The average molecular weight is 419 g/mol. The Hall–Kier alpha value is -3.36. The summed E-state index contributed by atoms with van der Waals surface area (Å²) in [5, 5.41) is 3.06. The number of rotatable bonds is 3. The van der Waals surface area contributed by atoms with E-state index in [2.05, 4.69) is 10.3 Å². The second kappa shape index (κ2) is 7.47. The van der Waals surface area contributed by atoms with Crippen molar-refractivity contribution in [2.24, 2.45) is 10.7 Å². The number of benzene rings is 2. The van der Waals surface area contributed by atoms with Crippen LogP contribution in [-0.4, -0.2) is 26.8 Å². The van der Waals surface area contributed by atoms with Crippen molar-refractivity contribution in [2.45, 2.75) is 18.6 Å². The van der Waals surface area contributed by atoms with Crippen molar-refractivity contribution >= 4 is 11.7 Å². The molecule has 0 bridgehead atoms. The van der Waals surface area contributed by atoms with Crippen molar-refractivity contribution in [1.29, 1.82) is 0 Å². The van der Waals surface area contributed by atoms with Gasteiger partial charge >= 0.3 is 6.18 Å². The summed E-state index contributed by atoms with van der Waals surface area (Å²) in [6.45, 7) is 0.314. The lowest BCUT2D eigenvalue weighted by Gasteiger charge is -2.27. The Labute approximate surface area is 171 Å². The second-order valence-corrected chi connectivity index (χ2v) is 6.87. The SMILES string of the molecule is COc1cc(OC)c2c(c1)OCCC1=C2NC(N)=NC1c1cccc(C(F)(F)F)c1. The normalized spacial score (nSPS) is 18.3. The van der Waals surface area contributed by atoms with Crippen LogP contribution in [0.4, 0.5) is 13.2 Å². The van der Waals surface area contributed by atoms with Crippen molar-refractivity contribution in [3.63, 3.8) is 0 Å². The average Bonchev–Trinajstić information content (AvgIpc) is 2.91. The molecule has 0 aliphatic carbocycles. The van der Waals surface area contributed by atoms with Crippen molar-refractivity contribution in [3.05, 3.63) is 58.7 Å². The van der Waals surface area contributed by atoms with Gasteiger partial charge in [0, 0.05) is 18.6 Å². The number of hydrogen-bond donors (Lipinski definition) is 2. The highest BCUT2D eigenvalue weighted by Crippen LogP contribution is 2.46. The topological polar surface area (TPSA) is 78.1 Å². The number of halogens is 3. The van der Waals surface area contributed by atoms with Crippen LogP contribution >= 0.6 is 0 Å². The Balaban J connectivity index is 1.89. The number of methoxy groups -OCH3 is 2. The first-order chi connectivity index (χ1) is 14.3. The number of hydrogen-bond acceptors (Lipinski definition) is 6. The molecule has 0 saturated carbocycles. The fourth-order valence-electron chi connectivity index (χ4n) is 3.72. The first-order valence-electron chi connectivity index (χ1n) is 9.21. The molecule has 0 fully saturated rings. The molecule has 0 radical (unpaired) electrons. The lowest BCUT2D eigenvalue weighted by atomic mass is 9.90. The molecule has 2 aromatic rings. The summed E-state index contributed by atoms with van der Waals surface area (Å²) in [4.78, 5) is 4.40.